The van der Waals surface area contributed by atoms with Gasteiger partial charge in [0.25, 0.3) is 0 Å². The van der Waals surface area contributed by atoms with E-state index in [1.807, 2.05) is 6.92 Å². The van der Waals surface area contributed by atoms with E-state index in [1.54, 1.807) is 7.05 Å². The van der Waals surface area contributed by atoms with E-state index < -0.39 is 10.0 Å². The van der Waals surface area contributed by atoms with Crippen LogP contribution >= 0.6 is 0 Å². The second kappa shape index (κ2) is 7.25. The third-order valence-electron chi connectivity index (χ3n) is 1.39. The van der Waals surface area contributed by atoms with Crippen LogP contribution in [0.5, 0.6) is 0 Å². The summed E-state index contributed by atoms with van der Waals surface area (Å²) in [7, 11) is -1.40. The quantitative estimate of drug-likeness (QED) is 0.513. The molecule has 6 heteroatoms. The number of sulfonamides is 1. The Morgan fingerprint density at radius 2 is 2.00 bits per heavy atom. The molecule has 0 saturated carbocycles. The summed E-state index contributed by atoms with van der Waals surface area (Å²) in [4.78, 5) is 0. The van der Waals surface area contributed by atoms with Gasteiger partial charge in [0.2, 0.25) is 10.0 Å². The molecule has 0 amide bonds. The average Bonchev–Trinajstić information content (AvgIpc) is 2.09. The maximum Gasteiger partial charge on any atom is 0.212 e. The van der Waals surface area contributed by atoms with Crippen LogP contribution in [-0.4, -0.2) is 47.5 Å². The van der Waals surface area contributed by atoms with Crippen LogP contribution in [0, 0.1) is 0 Å². The van der Waals surface area contributed by atoms with Crippen molar-refractivity contribution in [2.24, 2.45) is 0 Å². The number of rotatable bonds is 8. The van der Waals surface area contributed by atoms with Crippen LogP contribution in [0.25, 0.3) is 0 Å². The van der Waals surface area contributed by atoms with Gasteiger partial charge in [-0.2, -0.15) is 0 Å². The maximum atomic E-state index is 11.1. The fourth-order valence-corrected chi connectivity index (χ4v) is 1.73. The molecule has 2 N–H and O–H groups in total. The van der Waals surface area contributed by atoms with Crippen LogP contribution < -0.4 is 10.0 Å². The Kier molecular flexibility index (Phi) is 7.16. The molecule has 13 heavy (non-hydrogen) atoms. The summed E-state index contributed by atoms with van der Waals surface area (Å²) in [6, 6.07) is 0. The lowest BCUT2D eigenvalue weighted by Gasteiger charge is -2.05. The summed E-state index contributed by atoms with van der Waals surface area (Å²) >= 11 is 0. The van der Waals surface area contributed by atoms with Gasteiger partial charge in [-0.25, -0.2) is 13.1 Å². The summed E-state index contributed by atoms with van der Waals surface area (Å²) in [5.41, 5.74) is 0. The molecule has 0 unspecified atom stereocenters. The Morgan fingerprint density at radius 3 is 2.54 bits per heavy atom. The molecule has 5 nitrogen and oxygen atoms in total. The lowest BCUT2D eigenvalue weighted by atomic mass is 10.7. The van der Waals surface area contributed by atoms with E-state index >= 15 is 0 Å². The van der Waals surface area contributed by atoms with Crippen molar-refractivity contribution in [3.05, 3.63) is 0 Å². The fourth-order valence-electron chi connectivity index (χ4n) is 0.722. The largest absolute Gasteiger partial charge is 0.380 e. The van der Waals surface area contributed by atoms with Gasteiger partial charge >= 0.3 is 0 Å². The first kappa shape index (κ1) is 12.8. The zero-order valence-electron chi connectivity index (χ0n) is 8.17. The molecule has 0 aliphatic carbocycles. The van der Waals surface area contributed by atoms with Gasteiger partial charge in [0.15, 0.2) is 0 Å². The molecule has 0 bridgehead atoms. The van der Waals surface area contributed by atoms with Gasteiger partial charge in [-0.05, 0) is 14.0 Å². The highest BCUT2D eigenvalue weighted by Crippen LogP contribution is 1.82. The first-order valence-electron chi connectivity index (χ1n) is 4.32. The molecular weight excluding hydrogens is 192 g/mol. The Bertz CT molecular complexity index is 204. The summed E-state index contributed by atoms with van der Waals surface area (Å²) in [6.07, 6.45) is 0. The molecule has 0 rings (SSSR count). The smallest absolute Gasteiger partial charge is 0.212 e. The Labute approximate surface area is 79.9 Å². The van der Waals surface area contributed by atoms with Gasteiger partial charge in [0, 0.05) is 19.7 Å². The van der Waals surface area contributed by atoms with Gasteiger partial charge in [-0.1, -0.05) is 0 Å². The molecule has 0 aliphatic rings. The van der Waals surface area contributed by atoms with Gasteiger partial charge in [0.05, 0.1) is 12.4 Å². The average molecular weight is 210 g/mol. The standard InChI is InChI=1S/C7H18N2O3S/c1-3-12-6-4-9-13(10,11)7-5-8-2/h8-9H,3-7H2,1-2H3. The minimum atomic E-state index is -3.12. The van der Waals surface area contributed by atoms with Crippen molar-refractivity contribution in [2.45, 2.75) is 6.92 Å². The zero-order chi connectivity index (χ0) is 10.2. The topological polar surface area (TPSA) is 67.4 Å². The van der Waals surface area contributed by atoms with Gasteiger partial charge in [-0.3, -0.25) is 0 Å². The van der Waals surface area contributed by atoms with E-state index in [4.69, 9.17) is 4.74 Å². The summed E-state index contributed by atoms with van der Waals surface area (Å²) in [5.74, 6) is 0.107. The second-order valence-corrected chi connectivity index (χ2v) is 4.44. The van der Waals surface area contributed by atoms with Crippen LogP contribution in [0.4, 0.5) is 0 Å². The van der Waals surface area contributed by atoms with Crippen LogP contribution in [0.1, 0.15) is 6.92 Å². The van der Waals surface area contributed by atoms with E-state index in [0.717, 1.165) is 0 Å². The van der Waals surface area contributed by atoms with Gasteiger partial charge in [0.1, 0.15) is 0 Å². The molecule has 0 heterocycles. The fraction of sp³-hybridized carbons (Fsp3) is 1.00. The van der Waals surface area contributed by atoms with Crippen LogP contribution in [-0.2, 0) is 14.8 Å². The molecular formula is C7H18N2O3S. The zero-order valence-corrected chi connectivity index (χ0v) is 8.99. The molecule has 0 atom stereocenters. The van der Waals surface area contributed by atoms with E-state index in [0.29, 0.717) is 26.3 Å². The number of ether oxygens (including phenoxy) is 1. The molecule has 0 aromatic heterocycles. The van der Waals surface area contributed by atoms with E-state index in [9.17, 15) is 8.42 Å². The Hall–Kier alpha value is -0.170. The third-order valence-corrected chi connectivity index (χ3v) is 2.78. The Morgan fingerprint density at radius 1 is 1.31 bits per heavy atom. The third kappa shape index (κ3) is 8.17. The van der Waals surface area contributed by atoms with Crippen molar-refractivity contribution in [2.75, 3.05) is 39.1 Å². The normalized spacial score (nSPS) is 11.8. The van der Waals surface area contributed by atoms with Crippen molar-refractivity contribution in [3.63, 3.8) is 0 Å². The number of hydrogen-bond acceptors (Lipinski definition) is 4. The monoisotopic (exact) mass is 210 g/mol. The minimum Gasteiger partial charge on any atom is -0.380 e. The number of nitrogens with one attached hydrogen (secondary N) is 2. The van der Waals surface area contributed by atoms with Crippen molar-refractivity contribution >= 4 is 10.0 Å². The van der Waals surface area contributed by atoms with Crippen LogP contribution in [0.3, 0.4) is 0 Å². The minimum absolute atomic E-state index is 0.107. The van der Waals surface area contributed by atoms with Gasteiger partial charge in [-0.15, -0.1) is 0 Å². The van der Waals surface area contributed by atoms with Crippen LogP contribution in [0.15, 0.2) is 0 Å². The highest BCUT2D eigenvalue weighted by Gasteiger charge is 2.07. The van der Waals surface area contributed by atoms with Crippen molar-refractivity contribution in [1.29, 1.82) is 0 Å². The van der Waals surface area contributed by atoms with Crippen LogP contribution in [0.2, 0.25) is 0 Å². The lowest BCUT2D eigenvalue weighted by Crippen LogP contribution is -2.33. The summed E-state index contributed by atoms with van der Waals surface area (Å²) in [5, 5.41) is 2.77. The van der Waals surface area contributed by atoms with E-state index in [-0.39, 0.29) is 5.75 Å². The Balaban J connectivity index is 3.52. The van der Waals surface area contributed by atoms with Gasteiger partial charge < -0.3 is 10.1 Å². The molecule has 0 saturated heterocycles. The van der Waals surface area contributed by atoms with E-state index in [1.165, 1.54) is 0 Å². The predicted octanol–water partition coefficient (Wildman–Crippen LogP) is -0.838. The molecule has 0 aliphatic heterocycles. The first-order chi connectivity index (χ1) is 6.12. The van der Waals surface area contributed by atoms with Crippen molar-refractivity contribution in [1.82, 2.24) is 10.0 Å². The van der Waals surface area contributed by atoms with Crippen molar-refractivity contribution < 1.29 is 13.2 Å². The molecule has 80 valence electrons. The predicted molar refractivity (Wildman–Crippen MR) is 52.2 cm³/mol. The second-order valence-electron chi connectivity index (χ2n) is 2.51. The highest BCUT2D eigenvalue weighted by molar-refractivity contribution is 7.89. The first-order valence-corrected chi connectivity index (χ1v) is 5.97. The molecule has 0 aromatic carbocycles. The molecule has 0 aromatic rings. The lowest BCUT2D eigenvalue weighted by molar-refractivity contribution is 0.153. The van der Waals surface area contributed by atoms with E-state index in [2.05, 4.69) is 10.0 Å². The highest BCUT2D eigenvalue weighted by atomic mass is 32.2. The van der Waals surface area contributed by atoms with Crippen molar-refractivity contribution in [3.8, 4) is 0 Å². The number of hydrogen-bond donors (Lipinski definition) is 2. The molecule has 0 spiro atoms. The molecule has 0 radical (unpaired) electrons. The summed E-state index contributed by atoms with van der Waals surface area (Å²) in [6.45, 7) is 3.72. The summed E-state index contributed by atoms with van der Waals surface area (Å²) < 4.78 is 29.7. The molecule has 0 fully saturated rings. The SMILES string of the molecule is CCOCCNS(=O)(=O)CCNC. The maximum absolute atomic E-state index is 11.1.